The zero-order valence-corrected chi connectivity index (χ0v) is 33.0. The smallest absolute Gasteiger partial charge is 0.222 e. The highest BCUT2D eigenvalue weighted by molar-refractivity contribution is 5.76. The van der Waals surface area contributed by atoms with Crippen LogP contribution in [0.5, 0.6) is 0 Å². The zero-order chi connectivity index (χ0) is 36.6. The number of unbranched alkanes of at least 4 members (excludes halogenated alkanes) is 23. The van der Waals surface area contributed by atoms with Crippen molar-refractivity contribution < 1.29 is 20.1 Å². The average Bonchev–Trinajstić information content (AvgIpc) is 3.11. The lowest BCUT2D eigenvalue weighted by molar-refractivity contribution is -0.124. The Balaban J connectivity index is 3.75. The van der Waals surface area contributed by atoms with Gasteiger partial charge in [0.05, 0.1) is 31.3 Å². The molecule has 50 heavy (non-hydrogen) atoms. The molecule has 0 aliphatic carbocycles. The molecule has 292 valence electrons. The fourth-order valence-corrected chi connectivity index (χ4v) is 6.25. The Hall–Kier alpha value is -1.69. The van der Waals surface area contributed by atoms with Crippen LogP contribution in [0.1, 0.15) is 206 Å². The van der Waals surface area contributed by atoms with Gasteiger partial charge in [-0.3, -0.25) is 4.79 Å². The number of hydrogen-bond donors (Lipinski definition) is 4. The highest BCUT2D eigenvalue weighted by Gasteiger charge is 2.20. The van der Waals surface area contributed by atoms with Gasteiger partial charge in [-0.05, 0) is 70.6 Å². The second-order valence-electron chi connectivity index (χ2n) is 14.6. The highest BCUT2D eigenvalue weighted by atomic mass is 16.3. The Morgan fingerprint density at radius 3 is 1.28 bits per heavy atom. The molecular formula is C45H83NO4. The molecule has 0 fully saturated rings. The summed E-state index contributed by atoms with van der Waals surface area (Å²) in [5.74, 6) is -0.348. The Morgan fingerprint density at radius 1 is 0.500 bits per heavy atom. The third kappa shape index (κ3) is 36.1. The number of carbonyl (C=O) groups is 1. The summed E-state index contributed by atoms with van der Waals surface area (Å²) in [4.78, 5) is 12.4. The van der Waals surface area contributed by atoms with Crippen molar-refractivity contribution in [1.82, 2.24) is 5.32 Å². The molecule has 0 aromatic rings. The van der Waals surface area contributed by atoms with Crippen molar-refractivity contribution >= 4 is 5.91 Å². The van der Waals surface area contributed by atoms with Gasteiger partial charge < -0.3 is 20.6 Å². The van der Waals surface area contributed by atoms with E-state index in [0.29, 0.717) is 6.42 Å². The van der Waals surface area contributed by atoms with Gasteiger partial charge in [0.1, 0.15) is 0 Å². The van der Waals surface area contributed by atoms with Gasteiger partial charge in [-0.25, -0.2) is 0 Å². The van der Waals surface area contributed by atoms with Crippen molar-refractivity contribution in [3.05, 3.63) is 48.6 Å². The zero-order valence-electron chi connectivity index (χ0n) is 33.0. The number of aliphatic hydroxyl groups is 3. The Kier molecular flexibility index (Phi) is 38.7. The molecule has 0 aromatic carbocycles. The third-order valence-electron chi connectivity index (χ3n) is 9.57. The molecule has 0 bridgehead atoms. The molecule has 3 unspecified atom stereocenters. The minimum atomic E-state index is -0.966. The SMILES string of the molecule is CCCCCCCC/C=C\CCCC(O)CC(=O)NC(CO)C(O)/C=C/CC/C=C/CC/C=C/CCCCCCCCCCCCCCCC. The van der Waals surface area contributed by atoms with Crippen molar-refractivity contribution in [3.63, 3.8) is 0 Å². The molecule has 0 spiro atoms. The van der Waals surface area contributed by atoms with E-state index in [4.69, 9.17) is 0 Å². The Bertz CT molecular complexity index is 820. The lowest BCUT2D eigenvalue weighted by atomic mass is 10.0. The molecule has 0 saturated heterocycles. The summed E-state index contributed by atoms with van der Waals surface area (Å²) in [6.07, 6.45) is 51.2. The average molecular weight is 702 g/mol. The fraction of sp³-hybridized carbons (Fsp3) is 0.800. The first-order valence-corrected chi connectivity index (χ1v) is 21.4. The predicted octanol–water partition coefficient (Wildman–Crippen LogP) is 12.2. The minimum absolute atomic E-state index is 0.0200. The van der Waals surface area contributed by atoms with Crippen LogP contribution in [0.2, 0.25) is 0 Å². The molecule has 0 radical (unpaired) electrons. The monoisotopic (exact) mass is 702 g/mol. The van der Waals surface area contributed by atoms with E-state index in [1.807, 2.05) is 6.08 Å². The molecule has 0 rings (SSSR count). The topological polar surface area (TPSA) is 89.8 Å². The van der Waals surface area contributed by atoms with Crippen LogP contribution >= 0.6 is 0 Å². The van der Waals surface area contributed by atoms with E-state index in [2.05, 4.69) is 55.6 Å². The summed E-state index contributed by atoms with van der Waals surface area (Å²) in [7, 11) is 0. The summed E-state index contributed by atoms with van der Waals surface area (Å²) in [5, 5.41) is 33.0. The number of aliphatic hydroxyl groups excluding tert-OH is 3. The predicted molar refractivity (Wildman–Crippen MR) is 217 cm³/mol. The molecule has 5 nitrogen and oxygen atoms in total. The van der Waals surface area contributed by atoms with Crippen LogP contribution in [-0.4, -0.2) is 46.1 Å². The van der Waals surface area contributed by atoms with Gasteiger partial charge >= 0.3 is 0 Å². The van der Waals surface area contributed by atoms with Crippen LogP contribution in [0.25, 0.3) is 0 Å². The van der Waals surface area contributed by atoms with Crippen molar-refractivity contribution in [3.8, 4) is 0 Å². The standard InChI is InChI=1S/C45H83NO4/c1-3-5-7-9-11-13-15-16-17-18-19-20-21-22-23-24-25-26-27-29-31-33-35-37-39-44(49)43(41-47)46-45(50)40-42(48)38-36-34-32-30-28-14-12-10-8-6-4-2/h24-25,29-32,37,39,42-44,47-49H,3-23,26-28,33-36,38,40-41H2,1-2H3,(H,46,50)/b25-24+,31-29+,32-30-,39-37+. The maximum absolute atomic E-state index is 12.4. The van der Waals surface area contributed by atoms with Gasteiger partial charge in [0.2, 0.25) is 5.91 Å². The number of allylic oxidation sites excluding steroid dienone is 7. The second kappa shape index (κ2) is 40.1. The van der Waals surface area contributed by atoms with Gasteiger partial charge in [-0.15, -0.1) is 0 Å². The van der Waals surface area contributed by atoms with E-state index in [1.165, 1.54) is 135 Å². The van der Waals surface area contributed by atoms with Crippen LogP contribution < -0.4 is 5.32 Å². The lowest BCUT2D eigenvalue weighted by Gasteiger charge is -2.20. The van der Waals surface area contributed by atoms with Gasteiger partial charge in [-0.2, -0.15) is 0 Å². The first-order chi connectivity index (χ1) is 24.5. The van der Waals surface area contributed by atoms with Crippen molar-refractivity contribution in [1.29, 1.82) is 0 Å². The number of amides is 1. The molecule has 0 aromatic heterocycles. The summed E-state index contributed by atoms with van der Waals surface area (Å²) < 4.78 is 0. The maximum Gasteiger partial charge on any atom is 0.222 e. The summed E-state index contributed by atoms with van der Waals surface area (Å²) in [6.45, 7) is 4.17. The fourth-order valence-electron chi connectivity index (χ4n) is 6.25. The van der Waals surface area contributed by atoms with Crippen LogP contribution in [0.3, 0.4) is 0 Å². The summed E-state index contributed by atoms with van der Waals surface area (Å²) in [6, 6.07) is -0.775. The number of rotatable bonds is 38. The van der Waals surface area contributed by atoms with Crippen molar-refractivity contribution in [2.24, 2.45) is 0 Å². The first kappa shape index (κ1) is 48.3. The molecule has 1 amide bonds. The molecule has 0 aliphatic rings. The Labute approximate surface area is 310 Å². The molecule has 0 saturated carbocycles. The van der Waals surface area contributed by atoms with E-state index in [1.54, 1.807) is 6.08 Å². The van der Waals surface area contributed by atoms with Gasteiger partial charge in [-0.1, -0.05) is 178 Å². The lowest BCUT2D eigenvalue weighted by Crippen LogP contribution is -2.45. The molecule has 0 heterocycles. The van der Waals surface area contributed by atoms with E-state index in [0.717, 1.165) is 44.9 Å². The minimum Gasteiger partial charge on any atom is -0.394 e. The van der Waals surface area contributed by atoms with E-state index in [-0.39, 0.29) is 18.9 Å². The highest BCUT2D eigenvalue weighted by Crippen LogP contribution is 2.14. The first-order valence-electron chi connectivity index (χ1n) is 21.4. The van der Waals surface area contributed by atoms with E-state index >= 15 is 0 Å². The van der Waals surface area contributed by atoms with Crippen LogP contribution in [0, 0.1) is 0 Å². The number of hydrogen-bond acceptors (Lipinski definition) is 4. The number of nitrogens with one attached hydrogen (secondary N) is 1. The third-order valence-corrected chi connectivity index (χ3v) is 9.57. The second-order valence-corrected chi connectivity index (χ2v) is 14.6. The van der Waals surface area contributed by atoms with Crippen LogP contribution in [0.4, 0.5) is 0 Å². The summed E-state index contributed by atoms with van der Waals surface area (Å²) >= 11 is 0. The van der Waals surface area contributed by atoms with Gasteiger partial charge in [0, 0.05) is 0 Å². The molecule has 5 heteroatoms. The largest absolute Gasteiger partial charge is 0.394 e. The molecule has 3 atom stereocenters. The Morgan fingerprint density at radius 2 is 0.860 bits per heavy atom. The van der Waals surface area contributed by atoms with E-state index < -0.39 is 18.2 Å². The van der Waals surface area contributed by atoms with Crippen LogP contribution in [0.15, 0.2) is 48.6 Å². The molecule has 0 aliphatic heterocycles. The normalized spacial score (nSPS) is 14.1. The molecule has 4 N–H and O–H groups in total. The number of carbonyl (C=O) groups excluding carboxylic acids is 1. The van der Waals surface area contributed by atoms with Crippen molar-refractivity contribution in [2.45, 2.75) is 225 Å². The van der Waals surface area contributed by atoms with Gasteiger partial charge in [0.15, 0.2) is 0 Å². The maximum atomic E-state index is 12.4. The van der Waals surface area contributed by atoms with Gasteiger partial charge in [0.25, 0.3) is 0 Å². The van der Waals surface area contributed by atoms with Crippen molar-refractivity contribution in [2.75, 3.05) is 6.61 Å². The van der Waals surface area contributed by atoms with Crippen LogP contribution in [-0.2, 0) is 4.79 Å². The molecular weight excluding hydrogens is 618 g/mol. The quantitative estimate of drug-likeness (QED) is 0.0381. The van der Waals surface area contributed by atoms with E-state index in [9.17, 15) is 20.1 Å². The summed E-state index contributed by atoms with van der Waals surface area (Å²) in [5.41, 5.74) is 0.